The highest BCUT2D eigenvalue weighted by molar-refractivity contribution is 5.93. The van der Waals surface area contributed by atoms with E-state index in [0.717, 1.165) is 0 Å². The molecule has 0 bridgehead atoms. The number of nitrogens with zero attached hydrogens (tertiary/aromatic N) is 4. The Balaban J connectivity index is 1.87. The molecule has 0 N–H and O–H groups in total. The Bertz CT molecular complexity index is 1050. The van der Waals surface area contributed by atoms with Gasteiger partial charge in [0.1, 0.15) is 12.3 Å². The van der Waals surface area contributed by atoms with Crippen LogP contribution in [0.5, 0.6) is 5.75 Å². The molecular formula is C21H20N4O4. The number of carbonyl (C=O) groups is 1. The van der Waals surface area contributed by atoms with Crippen molar-refractivity contribution in [3.63, 3.8) is 0 Å². The first-order valence-electron chi connectivity index (χ1n) is 9.16. The van der Waals surface area contributed by atoms with Crippen molar-refractivity contribution in [3.8, 4) is 23.2 Å². The van der Waals surface area contributed by atoms with Gasteiger partial charge in [-0.2, -0.15) is 5.26 Å². The van der Waals surface area contributed by atoms with E-state index in [1.54, 1.807) is 48.5 Å². The monoisotopic (exact) mass is 392 g/mol. The molecule has 0 saturated heterocycles. The molecule has 3 aromatic rings. The van der Waals surface area contributed by atoms with E-state index < -0.39 is 5.76 Å². The fourth-order valence-electron chi connectivity index (χ4n) is 2.87. The van der Waals surface area contributed by atoms with E-state index in [2.05, 4.69) is 5.16 Å². The van der Waals surface area contributed by atoms with Gasteiger partial charge in [0.25, 0.3) is 0 Å². The number of benzene rings is 2. The molecular weight excluding hydrogens is 372 g/mol. The number of nitriles is 1. The van der Waals surface area contributed by atoms with Gasteiger partial charge in [-0.3, -0.25) is 9.32 Å². The first-order valence-corrected chi connectivity index (χ1v) is 9.16. The molecule has 1 amide bonds. The zero-order valence-electron chi connectivity index (χ0n) is 15.9. The topological polar surface area (TPSA) is 101 Å². The smallest absolute Gasteiger partial charge is 0.442 e. The summed E-state index contributed by atoms with van der Waals surface area (Å²) in [5, 5.41) is 12.8. The van der Waals surface area contributed by atoms with Crippen molar-refractivity contribution in [2.24, 2.45) is 0 Å². The van der Waals surface area contributed by atoms with E-state index in [4.69, 9.17) is 14.5 Å². The van der Waals surface area contributed by atoms with E-state index in [-0.39, 0.29) is 31.2 Å². The summed E-state index contributed by atoms with van der Waals surface area (Å²) in [4.78, 5) is 26.6. The Morgan fingerprint density at radius 1 is 1.21 bits per heavy atom. The second-order valence-electron chi connectivity index (χ2n) is 6.10. The van der Waals surface area contributed by atoms with Crippen molar-refractivity contribution in [2.75, 3.05) is 18.1 Å². The lowest BCUT2D eigenvalue weighted by molar-refractivity contribution is -0.119. The average Bonchev–Trinajstić information content (AvgIpc) is 3.10. The number of carbonyl (C=O) groups excluding carboxylic acids is 1. The van der Waals surface area contributed by atoms with E-state index in [1.165, 1.54) is 9.47 Å². The van der Waals surface area contributed by atoms with E-state index in [1.807, 2.05) is 19.1 Å². The van der Waals surface area contributed by atoms with Crippen molar-refractivity contribution < 1.29 is 14.1 Å². The van der Waals surface area contributed by atoms with Gasteiger partial charge in [0, 0.05) is 17.8 Å². The quantitative estimate of drug-likeness (QED) is 0.584. The summed E-state index contributed by atoms with van der Waals surface area (Å²) in [6, 6.07) is 18.0. The number of hydrogen-bond acceptors (Lipinski definition) is 6. The van der Waals surface area contributed by atoms with Crippen LogP contribution < -0.4 is 15.4 Å². The highest BCUT2D eigenvalue weighted by Crippen LogP contribution is 2.21. The van der Waals surface area contributed by atoms with E-state index in [0.29, 0.717) is 23.6 Å². The maximum atomic E-state index is 13.0. The van der Waals surface area contributed by atoms with Crippen molar-refractivity contribution in [3.05, 3.63) is 65.1 Å². The molecule has 0 aliphatic rings. The zero-order chi connectivity index (χ0) is 20.6. The SMILES string of the molecule is CCOc1ccc(N(CCC#N)C(=O)Cn2c(-c3ccccc3)noc2=O)cc1. The fourth-order valence-corrected chi connectivity index (χ4v) is 2.87. The van der Waals surface area contributed by atoms with Crippen LogP contribution in [-0.2, 0) is 11.3 Å². The number of hydrogen-bond donors (Lipinski definition) is 0. The van der Waals surface area contributed by atoms with Crippen molar-refractivity contribution in [1.29, 1.82) is 5.26 Å². The van der Waals surface area contributed by atoms with Crippen LogP contribution in [0.2, 0.25) is 0 Å². The van der Waals surface area contributed by atoms with Gasteiger partial charge in [0.05, 0.1) is 19.1 Å². The second kappa shape index (κ2) is 9.37. The lowest BCUT2D eigenvalue weighted by atomic mass is 10.2. The van der Waals surface area contributed by atoms with Gasteiger partial charge in [-0.05, 0) is 31.2 Å². The van der Waals surface area contributed by atoms with Gasteiger partial charge in [0.2, 0.25) is 5.91 Å². The number of anilines is 1. The number of rotatable bonds is 8. The van der Waals surface area contributed by atoms with Gasteiger partial charge in [-0.25, -0.2) is 9.36 Å². The molecule has 2 aromatic carbocycles. The molecule has 0 spiro atoms. The third kappa shape index (κ3) is 4.71. The van der Waals surface area contributed by atoms with Crippen LogP contribution in [0.3, 0.4) is 0 Å². The maximum absolute atomic E-state index is 13.0. The molecule has 1 aromatic heterocycles. The summed E-state index contributed by atoms with van der Waals surface area (Å²) < 4.78 is 11.4. The van der Waals surface area contributed by atoms with Gasteiger partial charge in [-0.15, -0.1) is 0 Å². The maximum Gasteiger partial charge on any atom is 0.442 e. The molecule has 0 aliphatic carbocycles. The van der Waals surface area contributed by atoms with Crippen LogP contribution in [0.25, 0.3) is 11.4 Å². The van der Waals surface area contributed by atoms with Gasteiger partial charge >= 0.3 is 5.76 Å². The van der Waals surface area contributed by atoms with Crippen molar-refractivity contribution in [2.45, 2.75) is 19.9 Å². The summed E-state index contributed by atoms with van der Waals surface area (Å²) in [6.45, 7) is 2.36. The highest BCUT2D eigenvalue weighted by Gasteiger charge is 2.21. The van der Waals surface area contributed by atoms with E-state index >= 15 is 0 Å². The predicted molar refractivity (Wildman–Crippen MR) is 106 cm³/mol. The van der Waals surface area contributed by atoms with Gasteiger partial charge in [-0.1, -0.05) is 35.5 Å². The third-order valence-corrected chi connectivity index (χ3v) is 4.22. The molecule has 148 valence electrons. The predicted octanol–water partition coefficient (Wildman–Crippen LogP) is 2.85. The molecule has 8 nitrogen and oxygen atoms in total. The van der Waals surface area contributed by atoms with Gasteiger partial charge in [0.15, 0.2) is 5.82 Å². The minimum Gasteiger partial charge on any atom is -0.494 e. The Labute approximate surface area is 167 Å². The number of aromatic nitrogens is 2. The minimum atomic E-state index is -0.718. The normalized spacial score (nSPS) is 10.3. The van der Waals surface area contributed by atoms with Crippen LogP contribution in [0.4, 0.5) is 5.69 Å². The average molecular weight is 392 g/mol. The third-order valence-electron chi connectivity index (χ3n) is 4.22. The summed E-state index contributed by atoms with van der Waals surface area (Å²) in [6.07, 6.45) is 0.156. The lowest BCUT2D eigenvalue weighted by Crippen LogP contribution is -2.36. The highest BCUT2D eigenvalue weighted by atomic mass is 16.5. The number of ether oxygens (including phenoxy) is 1. The molecule has 3 rings (SSSR count). The first-order chi connectivity index (χ1) is 14.1. The van der Waals surface area contributed by atoms with Gasteiger partial charge < -0.3 is 9.64 Å². The lowest BCUT2D eigenvalue weighted by Gasteiger charge is -2.22. The van der Waals surface area contributed by atoms with Crippen LogP contribution in [0.15, 0.2) is 63.9 Å². The van der Waals surface area contributed by atoms with Crippen molar-refractivity contribution >= 4 is 11.6 Å². The molecule has 0 saturated carbocycles. The zero-order valence-corrected chi connectivity index (χ0v) is 15.9. The van der Waals surface area contributed by atoms with E-state index in [9.17, 15) is 9.59 Å². The summed E-state index contributed by atoms with van der Waals surface area (Å²) in [7, 11) is 0. The molecule has 0 atom stereocenters. The first kappa shape index (κ1) is 19.9. The molecule has 0 unspecified atom stereocenters. The Kier molecular flexibility index (Phi) is 6.43. The van der Waals surface area contributed by atoms with Crippen molar-refractivity contribution in [1.82, 2.24) is 9.72 Å². The largest absolute Gasteiger partial charge is 0.494 e. The minimum absolute atomic E-state index is 0.156. The van der Waals surface area contributed by atoms with Crippen LogP contribution in [-0.4, -0.2) is 28.8 Å². The van der Waals surface area contributed by atoms with Crippen LogP contribution in [0, 0.1) is 11.3 Å². The molecule has 8 heteroatoms. The van der Waals surface area contributed by atoms with Crippen LogP contribution in [0.1, 0.15) is 13.3 Å². The summed E-state index contributed by atoms with van der Waals surface area (Å²) in [5.74, 6) is -0.113. The Morgan fingerprint density at radius 3 is 2.59 bits per heavy atom. The molecule has 1 heterocycles. The number of amides is 1. The van der Waals surface area contributed by atoms with Crippen LogP contribution >= 0.6 is 0 Å². The summed E-state index contributed by atoms with van der Waals surface area (Å²) >= 11 is 0. The molecule has 29 heavy (non-hydrogen) atoms. The Morgan fingerprint density at radius 2 is 1.93 bits per heavy atom. The standard InChI is InChI=1S/C21H20N4O4/c1-2-28-18-11-9-17(10-12-18)24(14-6-13-22)19(26)15-25-20(23-29-21(25)27)16-7-4-3-5-8-16/h3-5,7-12H,2,6,14-15H2,1H3. The second-order valence-corrected chi connectivity index (χ2v) is 6.10. The molecule has 0 aliphatic heterocycles. The molecule has 0 radical (unpaired) electrons. The molecule has 0 fully saturated rings. The fraction of sp³-hybridized carbons (Fsp3) is 0.238. The summed E-state index contributed by atoms with van der Waals surface area (Å²) in [5.41, 5.74) is 1.27. The Hall–Kier alpha value is -3.86.